The van der Waals surface area contributed by atoms with Crippen LogP contribution in [0.4, 0.5) is 0 Å². The van der Waals surface area contributed by atoms with Crippen LogP contribution in [0.2, 0.25) is 0 Å². The summed E-state index contributed by atoms with van der Waals surface area (Å²) in [6.07, 6.45) is 0.790. The van der Waals surface area contributed by atoms with Crippen molar-refractivity contribution in [1.82, 2.24) is 0 Å². The van der Waals surface area contributed by atoms with Crippen LogP contribution in [0, 0.1) is 5.92 Å². The molecule has 0 bridgehead atoms. The number of carboxylic acids is 1. The molecule has 2 N–H and O–H groups in total. The lowest BCUT2D eigenvalue weighted by Crippen LogP contribution is -2.38. The molecule has 3 atom stereocenters. The molecule has 4 heteroatoms. The molecule has 1 aliphatic rings. The molecule has 0 aromatic carbocycles. The molecule has 0 aromatic rings. The molecule has 76 valence electrons. The van der Waals surface area contributed by atoms with Crippen molar-refractivity contribution in [1.29, 1.82) is 0 Å². The average Bonchev–Trinajstić information content (AvgIpc) is 2.08. The van der Waals surface area contributed by atoms with Gasteiger partial charge in [0.1, 0.15) is 0 Å². The smallest absolute Gasteiger partial charge is 0.306 e. The first-order valence-electron chi connectivity index (χ1n) is 4.67. The molecule has 0 spiro atoms. The second kappa shape index (κ2) is 4.58. The van der Waals surface area contributed by atoms with Crippen molar-refractivity contribution in [3.05, 3.63) is 0 Å². The molecule has 1 aliphatic carbocycles. The third kappa shape index (κ3) is 2.67. The zero-order chi connectivity index (χ0) is 9.84. The molecule has 0 saturated heterocycles. The Morgan fingerprint density at radius 1 is 1.54 bits per heavy atom. The van der Waals surface area contributed by atoms with Gasteiger partial charge in [0.25, 0.3) is 0 Å². The van der Waals surface area contributed by atoms with Crippen molar-refractivity contribution >= 4 is 5.97 Å². The molecule has 1 fully saturated rings. The first-order valence-corrected chi connectivity index (χ1v) is 4.67. The van der Waals surface area contributed by atoms with Crippen molar-refractivity contribution in [3.8, 4) is 0 Å². The number of ether oxygens (including phenoxy) is 1. The minimum Gasteiger partial charge on any atom is -0.481 e. The van der Waals surface area contributed by atoms with E-state index >= 15 is 0 Å². The van der Waals surface area contributed by atoms with Gasteiger partial charge in [-0.05, 0) is 26.2 Å². The van der Waals surface area contributed by atoms with Crippen LogP contribution in [0.15, 0.2) is 0 Å². The van der Waals surface area contributed by atoms with E-state index in [0.29, 0.717) is 25.9 Å². The molecular weight excluding hydrogens is 172 g/mol. The predicted molar refractivity (Wildman–Crippen MR) is 46.4 cm³/mol. The number of aliphatic hydroxyl groups excluding tert-OH is 1. The van der Waals surface area contributed by atoms with Gasteiger partial charge in [-0.2, -0.15) is 0 Å². The summed E-state index contributed by atoms with van der Waals surface area (Å²) < 4.78 is 5.28. The summed E-state index contributed by atoms with van der Waals surface area (Å²) in [5.41, 5.74) is 0. The van der Waals surface area contributed by atoms with Gasteiger partial charge in [-0.15, -0.1) is 0 Å². The lowest BCUT2D eigenvalue weighted by molar-refractivity contribution is -0.147. The molecule has 4 nitrogen and oxygen atoms in total. The summed E-state index contributed by atoms with van der Waals surface area (Å²) in [4.78, 5) is 10.6. The van der Waals surface area contributed by atoms with Gasteiger partial charge in [-0.1, -0.05) is 0 Å². The number of hydrogen-bond acceptors (Lipinski definition) is 3. The third-order valence-corrected chi connectivity index (χ3v) is 2.48. The minimum atomic E-state index is -0.811. The molecule has 0 aromatic heterocycles. The lowest BCUT2D eigenvalue weighted by Gasteiger charge is -2.30. The van der Waals surface area contributed by atoms with E-state index in [0.717, 1.165) is 0 Å². The number of hydrogen-bond donors (Lipinski definition) is 2. The Morgan fingerprint density at radius 3 is 2.69 bits per heavy atom. The Bertz CT molecular complexity index is 180. The van der Waals surface area contributed by atoms with E-state index in [1.807, 2.05) is 6.92 Å². The van der Waals surface area contributed by atoms with E-state index in [2.05, 4.69) is 0 Å². The fraction of sp³-hybridized carbons (Fsp3) is 0.889. The predicted octanol–water partition coefficient (Wildman–Crippen LogP) is 0.637. The summed E-state index contributed by atoms with van der Waals surface area (Å²) in [7, 11) is 0. The molecule has 0 aliphatic heterocycles. The van der Waals surface area contributed by atoms with Gasteiger partial charge >= 0.3 is 5.97 Å². The zero-order valence-electron chi connectivity index (χ0n) is 7.77. The third-order valence-electron chi connectivity index (χ3n) is 2.48. The molecule has 0 amide bonds. The molecule has 13 heavy (non-hydrogen) atoms. The zero-order valence-corrected chi connectivity index (χ0v) is 7.77. The average molecular weight is 188 g/mol. The molecule has 0 heterocycles. The lowest BCUT2D eigenvalue weighted by atomic mass is 9.85. The van der Waals surface area contributed by atoms with E-state index in [1.54, 1.807) is 0 Å². The minimum absolute atomic E-state index is 0.166. The molecule has 1 saturated carbocycles. The summed E-state index contributed by atoms with van der Waals surface area (Å²) in [6.45, 7) is 2.44. The highest BCUT2D eigenvalue weighted by Crippen LogP contribution is 2.26. The molecular formula is C9H16O4. The van der Waals surface area contributed by atoms with Crippen LogP contribution >= 0.6 is 0 Å². The first kappa shape index (κ1) is 10.5. The maximum atomic E-state index is 10.6. The monoisotopic (exact) mass is 188 g/mol. The van der Waals surface area contributed by atoms with Crippen molar-refractivity contribution in [2.45, 2.75) is 38.4 Å². The SMILES string of the molecule is CCOC1CCC(C(=O)O)CC1O. The Balaban J connectivity index is 2.41. The molecule has 1 rings (SSSR count). The number of rotatable bonds is 3. The summed E-state index contributed by atoms with van der Waals surface area (Å²) in [6, 6.07) is 0. The van der Waals surface area contributed by atoms with Gasteiger partial charge in [0.2, 0.25) is 0 Å². The molecule has 0 radical (unpaired) electrons. The first-order chi connectivity index (χ1) is 6.15. The van der Waals surface area contributed by atoms with Gasteiger partial charge in [0.15, 0.2) is 0 Å². The number of aliphatic carboxylic acids is 1. The van der Waals surface area contributed by atoms with Gasteiger partial charge in [0.05, 0.1) is 18.1 Å². The number of carboxylic acid groups (broad SMARTS) is 1. The van der Waals surface area contributed by atoms with E-state index in [9.17, 15) is 9.90 Å². The van der Waals surface area contributed by atoms with E-state index in [-0.39, 0.29) is 6.10 Å². The van der Waals surface area contributed by atoms with Gasteiger partial charge < -0.3 is 14.9 Å². The fourth-order valence-electron chi connectivity index (χ4n) is 1.75. The van der Waals surface area contributed by atoms with Crippen LogP contribution in [0.3, 0.4) is 0 Å². The Kier molecular flexibility index (Phi) is 3.69. The number of carbonyl (C=O) groups is 1. The van der Waals surface area contributed by atoms with Crippen LogP contribution in [0.1, 0.15) is 26.2 Å². The summed E-state index contributed by atoms with van der Waals surface area (Å²) in [5.74, 6) is -1.21. The van der Waals surface area contributed by atoms with Crippen LogP contribution in [-0.4, -0.2) is 35.0 Å². The maximum Gasteiger partial charge on any atom is 0.306 e. The standard InChI is InChI=1S/C9H16O4/c1-2-13-8-4-3-6(9(11)12)5-7(8)10/h6-8,10H,2-5H2,1H3,(H,11,12). The highest BCUT2D eigenvalue weighted by Gasteiger charge is 2.32. The van der Waals surface area contributed by atoms with Crippen LogP contribution in [-0.2, 0) is 9.53 Å². The van der Waals surface area contributed by atoms with Crippen molar-refractivity contribution in [2.24, 2.45) is 5.92 Å². The van der Waals surface area contributed by atoms with Crippen molar-refractivity contribution < 1.29 is 19.7 Å². The second-order valence-corrected chi connectivity index (χ2v) is 3.41. The summed E-state index contributed by atoms with van der Waals surface area (Å²) >= 11 is 0. The summed E-state index contributed by atoms with van der Waals surface area (Å²) in [5, 5.41) is 18.3. The van der Waals surface area contributed by atoms with Crippen LogP contribution < -0.4 is 0 Å². The Morgan fingerprint density at radius 2 is 2.23 bits per heavy atom. The van der Waals surface area contributed by atoms with E-state index < -0.39 is 18.0 Å². The van der Waals surface area contributed by atoms with Crippen molar-refractivity contribution in [3.63, 3.8) is 0 Å². The maximum absolute atomic E-state index is 10.6. The van der Waals surface area contributed by atoms with Crippen LogP contribution in [0.5, 0.6) is 0 Å². The van der Waals surface area contributed by atoms with Gasteiger partial charge in [0, 0.05) is 6.61 Å². The second-order valence-electron chi connectivity index (χ2n) is 3.41. The quantitative estimate of drug-likeness (QED) is 0.682. The highest BCUT2D eigenvalue weighted by atomic mass is 16.5. The highest BCUT2D eigenvalue weighted by molar-refractivity contribution is 5.70. The fourth-order valence-corrected chi connectivity index (χ4v) is 1.75. The largest absolute Gasteiger partial charge is 0.481 e. The van der Waals surface area contributed by atoms with Gasteiger partial charge in [-0.25, -0.2) is 0 Å². The van der Waals surface area contributed by atoms with E-state index in [4.69, 9.17) is 9.84 Å². The topological polar surface area (TPSA) is 66.8 Å². The van der Waals surface area contributed by atoms with E-state index in [1.165, 1.54) is 0 Å². The normalized spacial score (nSPS) is 34.5. The van der Waals surface area contributed by atoms with Gasteiger partial charge in [-0.3, -0.25) is 4.79 Å². The molecule has 3 unspecified atom stereocenters. The number of aliphatic hydroxyl groups is 1. The van der Waals surface area contributed by atoms with Crippen molar-refractivity contribution in [2.75, 3.05) is 6.61 Å². The Labute approximate surface area is 77.5 Å². The Hall–Kier alpha value is -0.610. The van der Waals surface area contributed by atoms with Crippen LogP contribution in [0.25, 0.3) is 0 Å².